The third kappa shape index (κ3) is 3.02. The van der Waals surface area contributed by atoms with Gasteiger partial charge < -0.3 is 9.80 Å². The molecule has 1 heterocycles. The van der Waals surface area contributed by atoms with Crippen molar-refractivity contribution in [3.63, 3.8) is 0 Å². The van der Waals surface area contributed by atoms with Crippen LogP contribution in [0.2, 0.25) is 0 Å². The van der Waals surface area contributed by atoms with E-state index < -0.39 is 12.6 Å². The second-order valence-electron chi connectivity index (χ2n) is 2.87. The molecule has 0 fully saturated rings. The Kier molecular flexibility index (Phi) is 2.49. The minimum Gasteiger partial charge on any atom is -0.362 e. The molecule has 1 aliphatic rings. The van der Waals surface area contributed by atoms with Gasteiger partial charge in [-0.15, -0.1) is 0 Å². The van der Waals surface area contributed by atoms with Gasteiger partial charge in [-0.05, 0) is 0 Å². The van der Waals surface area contributed by atoms with Crippen molar-refractivity contribution in [3.8, 4) is 0 Å². The van der Waals surface area contributed by atoms with Crippen molar-refractivity contribution in [3.05, 3.63) is 12.4 Å². The van der Waals surface area contributed by atoms with Crippen molar-refractivity contribution in [1.82, 2.24) is 9.80 Å². The fourth-order valence-corrected chi connectivity index (χ4v) is 1.00. The topological polar surface area (TPSA) is 6.48 Å². The van der Waals surface area contributed by atoms with Crippen LogP contribution >= 0.6 is 0 Å². The third-order valence-electron chi connectivity index (χ3n) is 1.62. The Morgan fingerprint density at radius 1 is 1.33 bits per heavy atom. The quantitative estimate of drug-likeness (QED) is 0.637. The molecule has 1 aliphatic heterocycles. The van der Waals surface area contributed by atoms with E-state index in [1.54, 1.807) is 17.3 Å². The molecule has 0 spiro atoms. The maximum absolute atomic E-state index is 11.7. The van der Waals surface area contributed by atoms with Crippen LogP contribution in [0.1, 0.15) is 6.42 Å². The Hall–Kier alpha value is -0.870. The van der Waals surface area contributed by atoms with E-state index in [0.717, 1.165) is 0 Å². The van der Waals surface area contributed by atoms with Crippen molar-refractivity contribution in [2.45, 2.75) is 12.6 Å². The zero-order chi connectivity index (χ0) is 9.19. The number of rotatable bonds is 2. The van der Waals surface area contributed by atoms with Gasteiger partial charge in [0, 0.05) is 26.0 Å². The fourth-order valence-electron chi connectivity index (χ4n) is 1.00. The Morgan fingerprint density at radius 2 is 2.00 bits per heavy atom. The number of hydrogen-bond acceptors (Lipinski definition) is 2. The van der Waals surface area contributed by atoms with E-state index in [4.69, 9.17) is 0 Å². The second-order valence-corrected chi connectivity index (χ2v) is 2.87. The highest BCUT2D eigenvalue weighted by Gasteiger charge is 2.27. The smallest absolute Gasteiger partial charge is 0.362 e. The first-order valence-corrected chi connectivity index (χ1v) is 3.67. The Morgan fingerprint density at radius 3 is 2.42 bits per heavy atom. The van der Waals surface area contributed by atoms with Gasteiger partial charge in [-0.3, -0.25) is 0 Å². The summed E-state index contributed by atoms with van der Waals surface area (Å²) in [5, 5.41) is 0. The first-order valence-electron chi connectivity index (χ1n) is 3.67. The summed E-state index contributed by atoms with van der Waals surface area (Å²) >= 11 is 0. The van der Waals surface area contributed by atoms with Crippen LogP contribution < -0.4 is 0 Å². The first-order chi connectivity index (χ1) is 5.47. The summed E-state index contributed by atoms with van der Waals surface area (Å²) in [5.74, 6) is 0. The van der Waals surface area contributed by atoms with Crippen molar-refractivity contribution >= 4 is 0 Å². The van der Waals surface area contributed by atoms with E-state index in [1.165, 1.54) is 0 Å². The molecule has 0 radical (unpaired) electrons. The SMILES string of the molecule is CN1C=CN(CCC(F)(F)F)C1. The average molecular weight is 180 g/mol. The van der Waals surface area contributed by atoms with Crippen LogP contribution in [0.5, 0.6) is 0 Å². The Balaban J connectivity index is 2.21. The molecular formula is C7H11F3N2. The summed E-state index contributed by atoms with van der Waals surface area (Å²) in [5.41, 5.74) is 0. The standard InChI is InChI=1S/C7H11F3N2/c1-11-4-5-12(6-11)3-2-7(8,9)10/h4-5H,2-3,6H2,1H3. The predicted octanol–water partition coefficient (Wildman–Crippen LogP) is 1.61. The Labute approximate surface area is 69.2 Å². The number of hydrogen-bond donors (Lipinski definition) is 0. The summed E-state index contributed by atoms with van der Waals surface area (Å²) < 4.78 is 35.2. The lowest BCUT2D eigenvalue weighted by atomic mass is 10.4. The predicted molar refractivity (Wildman–Crippen MR) is 39.1 cm³/mol. The molecule has 0 saturated heterocycles. The van der Waals surface area contributed by atoms with E-state index in [-0.39, 0.29) is 6.54 Å². The van der Waals surface area contributed by atoms with Gasteiger partial charge in [0.05, 0.1) is 13.1 Å². The Bertz CT molecular complexity index is 176. The van der Waals surface area contributed by atoms with Gasteiger partial charge in [-0.2, -0.15) is 13.2 Å². The maximum Gasteiger partial charge on any atom is 0.390 e. The highest BCUT2D eigenvalue weighted by atomic mass is 19.4. The van der Waals surface area contributed by atoms with Gasteiger partial charge in [0.15, 0.2) is 0 Å². The first kappa shape index (κ1) is 9.22. The number of alkyl halides is 3. The highest BCUT2D eigenvalue weighted by molar-refractivity contribution is 4.88. The van der Waals surface area contributed by atoms with Gasteiger partial charge in [0.1, 0.15) is 0 Å². The molecule has 0 N–H and O–H groups in total. The molecule has 12 heavy (non-hydrogen) atoms. The van der Waals surface area contributed by atoms with Crippen LogP contribution in [0.4, 0.5) is 13.2 Å². The van der Waals surface area contributed by atoms with E-state index in [1.807, 2.05) is 11.9 Å². The molecule has 2 nitrogen and oxygen atoms in total. The summed E-state index contributed by atoms with van der Waals surface area (Å²) in [4.78, 5) is 3.46. The zero-order valence-corrected chi connectivity index (χ0v) is 6.80. The van der Waals surface area contributed by atoms with Gasteiger partial charge >= 0.3 is 6.18 Å². The van der Waals surface area contributed by atoms with Gasteiger partial charge in [-0.25, -0.2) is 0 Å². The third-order valence-corrected chi connectivity index (χ3v) is 1.62. The molecule has 0 aromatic heterocycles. The van der Waals surface area contributed by atoms with Crippen molar-refractivity contribution < 1.29 is 13.2 Å². The lowest BCUT2D eigenvalue weighted by molar-refractivity contribution is -0.136. The minimum absolute atomic E-state index is 0.0460. The molecule has 0 bridgehead atoms. The van der Waals surface area contributed by atoms with E-state index in [0.29, 0.717) is 6.67 Å². The number of nitrogens with zero attached hydrogens (tertiary/aromatic N) is 2. The second kappa shape index (κ2) is 3.25. The van der Waals surface area contributed by atoms with Gasteiger partial charge in [0.2, 0.25) is 0 Å². The molecule has 1 rings (SSSR count). The number of halogens is 3. The molecule has 0 saturated carbocycles. The zero-order valence-electron chi connectivity index (χ0n) is 6.80. The van der Waals surface area contributed by atoms with Crippen LogP contribution in [0.3, 0.4) is 0 Å². The molecule has 0 amide bonds. The van der Waals surface area contributed by atoms with Crippen LogP contribution in [0, 0.1) is 0 Å². The monoisotopic (exact) mass is 180 g/mol. The lowest BCUT2D eigenvalue weighted by Crippen LogP contribution is -2.26. The van der Waals surface area contributed by atoms with Gasteiger partial charge in [0.25, 0.3) is 0 Å². The molecule has 5 heteroatoms. The normalized spacial score (nSPS) is 17.7. The van der Waals surface area contributed by atoms with E-state index in [9.17, 15) is 13.2 Å². The summed E-state index contributed by atoms with van der Waals surface area (Å²) in [7, 11) is 1.82. The molecule has 0 unspecified atom stereocenters. The van der Waals surface area contributed by atoms with E-state index >= 15 is 0 Å². The van der Waals surface area contributed by atoms with Crippen LogP contribution in [0.25, 0.3) is 0 Å². The van der Waals surface area contributed by atoms with Crippen molar-refractivity contribution in [2.24, 2.45) is 0 Å². The van der Waals surface area contributed by atoms with Crippen LogP contribution in [-0.2, 0) is 0 Å². The van der Waals surface area contributed by atoms with Crippen LogP contribution in [-0.4, -0.2) is 36.2 Å². The van der Waals surface area contributed by atoms with Crippen molar-refractivity contribution in [1.29, 1.82) is 0 Å². The summed E-state index contributed by atoms with van der Waals surface area (Å²) in [6, 6.07) is 0. The summed E-state index contributed by atoms with van der Waals surface area (Å²) in [6.07, 6.45) is -1.36. The van der Waals surface area contributed by atoms with Crippen LogP contribution in [0.15, 0.2) is 12.4 Å². The minimum atomic E-state index is -4.05. The maximum atomic E-state index is 11.7. The summed E-state index contributed by atoms with van der Waals surface area (Å²) in [6.45, 7) is 0.598. The largest absolute Gasteiger partial charge is 0.390 e. The lowest BCUT2D eigenvalue weighted by Gasteiger charge is -2.18. The molecule has 70 valence electrons. The van der Waals surface area contributed by atoms with Gasteiger partial charge in [-0.1, -0.05) is 0 Å². The molecular weight excluding hydrogens is 169 g/mol. The molecule has 0 aliphatic carbocycles. The molecule has 0 atom stereocenters. The molecule has 0 aromatic carbocycles. The molecule has 0 aromatic rings. The highest BCUT2D eigenvalue weighted by Crippen LogP contribution is 2.20. The van der Waals surface area contributed by atoms with Crippen molar-refractivity contribution in [2.75, 3.05) is 20.3 Å². The van der Waals surface area contributed by atoms with E-state index in [2.05, 4.69) is 0 Å². The fraction of sp³-hybridized carbons (Fsp3) is 0.714. The average Bonchev–Trinajstić information content (AvgIpc) is 2.30.